The Bertz CT molecular complexity index is 629. The summed E-state index contributed by atoms with van der Waals surface area (Å²) in [6, 6.07) is 12.4. The van der Waals surface area contributed by atoms with Gasteiger partial charge in [0.1, 0.15) is 16.6 Å². The molecule has 2 aromatic rings. The molecule has 110 valence electrons. The van der Waals surface area contributed by atoms with Crippen LogP contribution in [0, 0.1) is 5.82 Å². The molecule has 2 aromatic carbocycles. The Kier molecular flexibility index (Phi) is 5.25. The summed E-state index contributed by atoms with van der Waals surface area (Å²) in [6.45, 7) is 0.551. The van der Waals surface area contributed by atoms with Crippen LogP contribution >= 0.6 is 12.2 Å². The summed E-state index contributed by atoms with van der Waals surface area (Å²) in [7, 11) is 1.61. The molecular formula is C16H16FNO2S. The summed E-state index contributed by atoms with van der Waals surface area (Å²) in [5.74, 6) is 0.369. The quantitative estimate of drug-likeness (QED) is 0.833. The Morgan fingerprint density at radius 1 is 1.14 bits per heavy atom. The standard InChI is InChI=1S/C16H16FNO2S/c1-19-13-7-5-11(6-8-13)9-20-10-12-3-2-4-14(15(12)17)16(18)21/h2-8H,9-10H2,1H3,(H2,18,21). The van der Waals surface area contributed by atoms with Crippen LogP contribution in [0.3, 0.4) is 0 Å². The first-order valence-electron chi connectivity index (χ1n) is 6.39. The molecule has 0 aromatic heterocycles. The van der Waals surface area contributed by atoms with Gasteiger partial charge in [-0.3, -0.25) is 0 Å². The van der Waals surface area contributed by atoms with Crippen LogP contribution in [0.25, 0.3) is 0 Å². The number of ether oxygens (including phenoxy) is 2. The maximum atomic E-state index is 14.1. The fourth-order valence-electron chi connectivity index (χ4n) is 1.88. The van der Waals surface area contributed by atoms with Crippen LogP contribution < -0.4 is 10.5 Å². The number of hydrogen-bond acceptors (Lipinski definition) is 3. The number of benzene rings is 2. The van der Waals surface area contributed by atoms with Crippen molar-refractivity contribution in [3.05, 3.63) is 65.0 Å². The SMILES string of the molecule is COc1ccc(COCc2cccc(C(N)=S)c2F)cc1. The number of rotatable bonds is 6. The van der Waals surface area contributed by atoms with E-state index in [1.165, 1.54) is 0 Å². The average Bonchev–Trinajstić information content (AvgIpc) is 2.49. The Morgan fingerprint density at radius 3 is 2.48 bits per heavy atom. The molecule has 5 heteroatoms. The smallest absolute Gasteiger partial charge is 0.138 e. The second kappa shape index (κ2) is 7.15. The van der Waals surface area contributed by atoms with Gasteiger partial charge in [-0.25, -0.2) is 4.39 Å². The molecule has 0 radical (unpaired) electrons. The van der Waals surface area contributed by atoms with E-state index in [0.29, 0.717) is 12.2 Å². The highest BCUT2D eigenvalue weighted by Gasteiger charge is 2.09. The molecular weight excluding hydrogens is 289 g/mol. The minimum absolute atomic E-state index is 0.0458. The predicted molar refractivity (Wildman–Crippen MR) is 83.8 cm³/mol. The van der Waals surface area contributed by atoms with Crippen molar-refractivity contribution < 1.29 is 13.9 Å². The van der Waals surface area contributed by atoms with E-state index in [-0.39, 0.29) is 17.2 Å². The molecule has 2 rings (SSSR count). The van der Waals surface area contributed by atoms with E-state index in [0.717, 1.165) is 11.3 Å². The van der Waals surface area contributed by atoms with Crippen LogP contribution in [0.15, 0.2) is 42.5 Å². The highest BCUT2D eigenvalue weighted by atomic mass is 32.1. The summed E-state index contributed by atoms with van der Waals surface area (Å²) in [4.78, 5) is 0.0458. The van der Waals surface area contributed by atoms with Crippen LogP contribution in [0.1, 0.15) is 16.7 Å². The van der Waals surface area contributed by atoms with Crippen LogP contribution in [0.4, 0.5) is 4.39 Å². The van der Waals surface area contributed by atoms with Crippen molar-refractivity contribution in [2.45, 2.75) is 13.2 Å². The van der Waals surface area contributed by atoms with E-state index < -0.39 is 5.82 Å². The van der Waals surface area contributed by atoms with E-state index in [1.54, 1.807) is 25.3 Å². The first-order chi connectivity index (χ1) is 10.1. The fourth-order valence-corrected chi connectivity index (χ4v) is 2.04. The van der Waals surface area contributed by atoms with Crippen LogP contribution in [-0.2, 0) is 18.0 Å². The van der Waals surface area contributed by atoms with E-state index in [4.69, 9.17) is 27.4 Å². The van der Waals surface area contributed by atoms with Gasteiger partial charge in [0.05, 0.1) is 20.3 Å². The third-order valence-electron chi connectivity index (χ3n) is 3.03. The third kappa shape index (κ3) is 4.00. The van der Waals surface area contributed by atoms with Crippen LogP contribution in [0.5, 0.6) is 5.75 Å². The molecule has 0 saturated heterocycles. The number of nitrogens with two attached hydrogens (primary N) is 1. The average molecular weight is 305 g/mol. The number of thiocarbonyl (C=S) groups is 1. The van der Waals surface area contributed by atoms with Crippen molar-refractivity contribution in [2.75, 3.05) is 7.11 Å². The fraction of sp³-hybridized carbons (Fsp3) is 0.188. The molecule has 21 heavy (non-hydrogen) atoms. The molecule has 0 spiro atoms. The molecule has 0 aliphatic heterocycles. The topological polar surface area (TPSA) is 44.5 Å². The zero-order chi connectivity index (χ0) is 15.2. The number of halogens is 1. The monoisotopic (exact) mass is 305 g/mol. The minimum atomic E-state index is -0.417. The third-order valence-corrected chi connectivity index (χ3v) is 3.25. The lowest BCUT2D eigenvalue weighted by molar-refractivity contribution is 0.105. The van der Waals surface area contributed by atoms with Crippen LogP contribution in [-0.4, -0.2) is 12.1 Å². The van der Waals surface area contributed by atoms with Gasteiger partial charge in [0.15, 0.2) is 0 Å². The molecule has 2 N–H and O–H groups in total. The summed E-state index contributed by atoms with van der Waals surface area (Å²) in [5, 5.41) is 0. The van der Waals surface area contributed by atoms with Gasteiger partial charge in [0.25, 0.3) is 0 Å². The van der Waals surface area contributed by atoms with E-state index in [1.807, 2.05) is 24.3 Å². The van der Waals surface area contributed by atoms with Gasteiger partial charge < -0.3 is 15.2 Å². The molecule has 0 aliphatic carbocycles. The summed E-state index contributed by atoms with van der Waals surface area (Å²) in [5.41, 5.74) is 7.14. The molecule has 0 aliphatic rings. The zero-order valence-corrected chi connectivity index (χ0v) is 12.5. The Hall–Kier alpha value is -1.98. The van der Waals surface area contributed by atoms with Gasteiger partial charge in [0.2, 0.25) is 0 Å². The molecule has 0 atom stereocenters. The van der Waals surface area contributed by atoms with Gasteiger partial charge in [-0.05, 0) is 23.8 Å². The normalized spacial score (nSPS) is 10.4. The molecule has 0 amide bonds. The molecule has 0 heterocycles. The van der Waals surface area contributed by atoms with Gasteiger partial charge in [-0.2, -0.15) is 0 Å². The molecule has 0 fully saturated rings. The summed E-state index contributed by atoms with van der Waals surface area (Å²) in [6.07, 6.45) is 0. The van der Waals surface area contributed by atoms with Crippen molar-refractivity contribution in [1.82, 2.24) is 0 Å². The van der Waals surface area contributed by atoms with Crippen molar-refractivity contribution in [2.24, 2.45) is 5.73 Å². The van der Waals surface area contributed by atoms with E-state index in [9.17, 15) is 4.39 Å². The maximum absolute atomic E-state index is 14.1. The van der Waals surface area contributed by atoms with E-state index >= 15 is 0 Å². The summed E-state index contributed by atoms with van der Waals surface area (Å²) < 4.78 is 24.7. The van der Waals surface area contributed by atoms with Crippen molar-refractivity contribution in [1.29, 1.82) is 0 Å². The van der Waals surface area contributed by atoms with Crippen molar-refractivity contribution >= 4 is 17.2 Å². The van der Waals surface area contributed by atoms with Gasteiger partial charge in [0, 0.05) is 11.1 Å². The lowest BCUT2D eigenvalue weighted by Crippen LogP contribution is -2.13. The number of hydrogen-bond donors (Lipinski definition) is 1. The second-order valence-corrected chi connectivity index (χ2v) is 4.92. The zero-order valence-electron chi connectivity index (χ0n) is 11.6. The Labute approximate surface area is 128 Å². The maximum Gasteiger partial charge on any atom is 0.138 e. The second-order valence-electron chi connectivity index (χ2n) is 4.48. The first kappa shape index (κ1) is 15.4. The first-order valence-corrected chi connectivity index (χ1v) is 6.80. The highest BCUT2D eigenvalue weighted by molar-refractivity contribution is 7.80. The molecule has 0 saturated carbocycles. The Morgan fingerprint density at radius 2 is 1.86 bits per heavy atom. The number of methoxy groups -OCH3 is 1. The lowest BCUT2D eigenvalue weighted by atomic mass is 10.1. The van der Waals surface area contributed by atoms with Gasteiger partial charge in [-0.15, -0.1) is 0 Å². The molecule has 0 bridgehead atoms. The van der Waals surface area contributed by atoms with Crippen molar-refractivity contribution in [3.63, 3.8) is 0 Å². The predicted octanol–water partition coefficient (Wildman–Crippen LogP) is 3.19. The minimum Gasteiger partial charge on any atom is -0.497 e. The van der Waals surface area contributed by atoms with E-state index in [2.05, 4.69) is 0 Å². The van der Waals surface area contributed by atoms with Crippen molar-refractivity contribution in [3.8, 4) is 5.75 Å². The van der Waals surface area contributed by atoms with Gasteiger partial charge >= 0.3 is 0 Å². The molecule has 0 unspecified atom stereocenters. The molecule has 3 nitrogen and oxygen atoms in total. The lowest BCUT2D eigenvalue weighted by Gasteiger charge is -2.09. The van der Waals surface area contributed by atoms with Crippen LogP contribution in [0.2, 0.25) is 0 Å². The highest BCUT2D eigenvalue weighted by Crippen LogP contribution is 2.16. The Balaban J connectivity index is 1.97. The largest absolute Gasteiger partial charge is 0.497 e. The summed E-state index contributed by atoms with van der Waals surface area (Å²) >= 11 is 4.81. The van der Waals surface area contributed by atoms with Gasteiger partial charge in [-0.1, -0.05) is 36.5 Å².